The first kappa shape index (κ1) is 7.15. The summed E-state index contributed by atoms with van der Waals surface area (Å²) < 4.78 is 12.2. The van der Waals surface area contributed by atoms with E-state index in [-0.39, 0.29) is 6.29 Å². The fourth-order valence-corrected chi connectivity index (χ4v) is 1.20. The zero-order valence-electron chi connectivity index (χ0n) is 5.08. The summed E-state index contributed by atoms with van der Waals surface area (Å²) in [5, 5.41) is 1.82. The van der Waals surface area contributed by atoms with Crippen LogP contribution in [0.4, 0.5) is 4.39 Å². The molecule has 0 atom stereocenters. The largest absolute Gasteiger partial charge is 0.295 e. The molecule has 0 N–H and O–H groups in total. The quantitative estimate of drug-likeness (QED) is 0.474. The third kappa shape index (κ3) is 1.77. The minimum atomic E-state index is -0.734. The maximum absolute atomic E-state index is 12.2. The van der Waals surface area contributed by atoms with E-state index in [1.807, 2.05) is 5.38 Å². The Morgan fingerprint density at radius 2 is 2.50 bits per heavy atom. The lowest BCUT2D eigenvalue weighted by molar-refractivity contribution is -0.106. The van der Waals surface area contributed by atoms with Crippen molar-refractivity contribution in [3.8, 4) is 0 Å². The Morgan fingerprint density at radius 1 is 1.70 bits per heavy atom. The summed E-state index contributed by atoms with van der Waals surface area (Å²) in [4.78, 5) is 10.5. The summed E-state index contributed by atoms with van der Waals surface area (Å²) >= 11 is 1.39. The maximum atomic E-state index is 12.2. The lowest BCUT2D eigenvalue weighted by Gasteiger charge is -1.80. The highest BCUT2D eigenvalue weighted by atomic mass is 32.1. The molecule has 0 spiro atoms. The van der Waals surface area contributed by atoms with Crippen LogP contribution in [0.5, 0.6) is 0 Å². The molecule has 0 aliphatic rings. The van der Waals surface area contributed by atoms with Crippen LogP contribution in [-0.2, 0) is 4.79 Å². The Bertz CT molecular complexity index is 238. The van der Waals surface area contributed by atoms with Gasteiger partial charge >= 0.3 is 0 Å². The van der Waals surface area contributed by atoms with Crippen LogP contribution in [0.15, 0.2) is 23.3 Å². The lowest BCUT2D eigenvalue weighted by atomic mass is 10.4. The third-order valence-electron chi connectivity index (χ3n) is 0.936. The zero-order chi connectivity index (χ0) is 7.40. The molecule has 0 radical (unpaired) electrons. The topological polar surface area (TPSA) is 17.1 Å². The van der Waals surface area contributed by atoms with E-state index >= 15 is 0 Å². The van der Waals surface area contributed by atoms with Crippen molar-refractivity contribution >= 4 is 23.7 Å². The van der Waals surface area contributed by atoms with Gasteiger partial charge < -0.3 is 0 Å². The highest BCUT2D eigenvalue weighted by Gasteiger charge is 1.91. The number of hydrogen-bond acceptors (Lipinski definition) is 2. The highest BCUT2D eigenvalue weighted by Crippen LogP contribution is 2.12. The molecule has 0 fully saturated rings. The third-order valence-corrected chi connectivity index (χ3v) is 1.76. The first-order valence-corrected chi connectivity index (χ1v) is 3.57. The molecule has 1 heterocycles. The highest BCUT2D eigenvalue weighted by molar-refractivity contribution is 7.10. The second-order valence-electron chi connectivity index (χ2n) is 1.66. The van der Waals surface area contributed by atoms with Gasteiger partial charge in [0.2, 0.25) is 0 Å². The molecule has 0 saturated carbocycles. The average Bonchev–Trinajstić information content (AvgIpc) is 2.40. The van der Waals surface area contributed by atoms with E-state index in [2.05, 4.69) is 0 Å². The summed E-state index contributed by atoms with van der Waals surface area (Å²) in [6.45, 7) is 0. The number of thiophene rings is 1. The number of carbonyl (C=O) groups is 1. The second-order valence-corrected chi connectivity index (χ2v) is 2.64. The molecule has 52 valence electrons. The Morgan fingerprint density at radius 3 is 3.00 bits per heavy atom. The van der Waals surface area contributed by atoms with Crippen LogP contribution < -0.4 is 0 Å². The zero-order valence-corrected chi connectivity index (χ0v) is 5.90. The van der Waals surface area contributed by atoms with Gasteiger partial charge in [-0.1, -0.05) is 6.07 Å². The summed E-state index contributed by atoms with van der Waals surface area (Å²) in [6, 6.07) is 3.54. The monoisotopic (exact) mass is 156 g/mol. The molecule has 0 aromatic carbocycles. The maximum Gasteiger partial charge on any atom is 0.178 e. The van der Waals surface area contributed by atoms with Crippen LogP contribution >= 0.6 is 11.3 Å². The number of hydrogen-bond donors (Lipinski definition) is 0. The van der Waals surface area contributed by atoms with Gasteiger partial charge in [-0.3, -0.25) is 4.79 Å². The molecule has 10 heavy (non-hydrogen) atoms. The van der Waals surface area contributed by atoms with E-state index in [1.165, 1.54) is 17.4 Å². The standard InChI is InChI=1S/C7H5FOS/c8-6(5-9)4-7-2-1-3-10-7/h1-5H/b6-4-. The summed E-state index contributed by atoms with van der Waals surface area (Å²) in [5.41, 5.74) is 0. The van der Waals surface area contributed by atoms with Crippen LogP contribution in [-0.4, -0.2) is 6.29 Å². The fraction of sp³-hybridized carbons (Fsp3) is 0. The van der Waals surface area contributed by atoms with Gasteiger partial charge in [-0.05, 0) is 17.5 Å². The van der Waals surface area contributed by atoms with Gasteiger partial charge in [-0.2, -0.15) is 0 Å². The van der Waals surface area contributed by atoms with Gasteiger partial charge in [0.05, 0.1) is 0 Å². The van der Waals surface area contributed by atoms with Gasteiger partial charge in [0.15, 0.2) is 12.1 Å². The first-order valence-electron chi connectivity index (χ1n) is 2.69. The molecule has 0 aliphatic heterocycles. The van der Waals surface area contributed by atoms with Crippen LogP contribution in [0.3, 0.4) is 0 Å². The lowest BCUT2D eigenvalue weighted by Crippen LogP contribution is -1.70. The summed E-state index contributed by atoms with van der Waals surface area (Å²) in [5.74, 6) is -0.734. The minimum Gasteiger partial charge on any atom is -0.295 e. The molecular formula is C7H5FOS. The fourth-order valence-electron chi connectivity index (χ4n) is 0.543. The van der Waals surface area contributed by atoms with Gasteiger partial charge in [0.25, 0.3) is 0 Å². The second kappa shape index (κ2) is 3.27. The van der Waals surface area contributed by atoms with Crippen molar-refractivity contribution in [2.24, 2.45) is 0 Å². The molecule has 0 saturated heterocycles. The molecule has 3 heteroatoms. The van der Waals surface area contributed by atoms with Gasteiger partial charge in [-0.25, -0.2) is 4.39 Å². The van der Waals surface area contributed by atoms with Crippen molar-refractivity contribution in [2.75, 3.05) is 0 Å². The molecule has 0 unspecified atom stereocenters. The predicted molar refractivity (Wildman–Crippen MR) is 39.5 cm³/mol. The molecule has 1 aromatic heterocycles. The molecule has 1 aromatic rings. The Labute approximate surface area is 61.8 Å². The van der Waals surface area contributed by atoms with Gasteiger partial charge in [0, 0.05) is 4.88 Å². The SMILES string of the molecule is O=C/C(F)=C/c1cccs1. The van der Waals surface area contributed by atoms with E-state index in [4.69, 9.17) is 0 Å². The summed E-state index contributed by atoms with van der Waals surface area (Å²) in [6.07, 6.45) is 1.40. The molecule has 1 nitrogen and oxygen atoms in total. The Balaban J connectivity index is 2.80. The normalized spacial score (nSPS) is 11.5. The number of halogens is 1. The van der Waals surface area contributed by atoms with Crippen LogP contribution in [0.2, 0.25) is 0 Å². The number of rotatable bonds is 2. The predicted octanol–water partition coefficient (Wildman–Crippen LogP) is 2.26. The molecule has 0 aliphatic carbocycles. The van der Waals surface area contributed by atoms with Crippen molar-refractivity contribution < 1.29 is 9.18 Å². The van der Waals surface area contributed by atoms with Crippen molar-refractivity contribution in [2.45, 2.75) is 0 Å². The first-order chi connectivity index (χ1) is 4.83. The smallest absolute Gasteiger partial charge is 0.178 e. The van der Waals surface area contributed by atoms with Crippen molar-refractivity contribution in [1.29, 1.82) is 0 Å². The minimum absolute atomic E-state index is 0.194. The number of aldehydes is 1. The number of allylic oxidation sites excluding steroid dienone is 1. The van der Waals surface area contributed by atoms with E-state index in [0.29, 0.717) is 0 Å². The molecule has 0 amide bonds. The van der Waals surface area contributed by atoms with E-state index in [0.717, 1.165) is 4.88 Å². The van der Waals surface area contributed by atoms with Gasteiger partial charge in [-0.15, -0.1) is 11.3 Å². The average molecular weight is 156 g/mol. The molecule has 0 bridgehead atoms. The van der Waals surface area contributed by atoms with Crippen molar-refractivity contribution in [3.05, 3.63) is 28.2 Å². The summed E-state index contributed by atoms with van der Waals surface area (Å²) in [7, 11) is 0. The van der Waals surface area contributed by atoms with Crippen LogP contribution in [0.25, 0.3) is 6.08 Å². The van der Waals surface area contributed by atoms with E-state index < -0.39 is 5.83 Å². The molecule has 1 rings (SSSR count). The van der Waals surface area contributed by atoms with Crippen molar-refractivity contribution in [1.82, 2.24) is 0 Å². The van der Waals surface area contributed by atoms with E-state index in [9.17, 15) is 9.18 Å². The van der Waals surface area contributed by atoms with Gasteiger partial charge in [0.1, 0.15) is 0 Å². The van der Waals surface area contributed by atoms with Crippen LogP contribution in [0.1, 0.15) is 4.88 Å². The van der Waals surface area contributed by atoms with Crippen LogP contribution in [0, 0.1) is 0 Å². The van der Waals surface area contributed by atoms with E-state index in [1.54, 1.807) is 12.1 Å². The number of carbonyl (C=O) groups excluding carboxylic acids is 1. The van der Waals surface area contributed by atoms with Crippen molar-refractivity contribution in [3.63, 3.8) is 0 Å². The Kier molecular flexibility index (Phi) is 2.34. The molecular weight excluding hydrogens is 151 g/mol. The Hall–Kier alpha value is -0.960.